The highest BCUT2D eigenvalue weighted by molar-refractivity contribution is 5.95. The number of hydrogen-bond donors (Lipinski definition) is 1. The van der Waals surface area contributed by atoms with Crippen LogP contribution in [0.25, 0.3) is 5.69 Å². The fourth-order valence-electron chi connectivity index (χ4n) is 2.85. The SMILES string of the molecule is Cc1ccc(C(=O)N/N=C\c2cc(C)n(-c3ccccc3F)c2C)cc1. The Morgan fingerprint density at radius 1 is 1.08 bits per heavy atom. The van der Waals surface area contributed by atoms with Crippen molar-refractivity contribution in [3.8, 4) is 5.69 Å². The molecule has 2 aromatic carbocycles. The standard InChI is InChI=1S/C21H20FN3O/c1-14-8-10-17(11-9-14)21(26)24-23-13-18-12-15(2)25(16(18)3)20-7-5-4-6-19(20)22/h4-13H,1-3H3,(H,24,26)/b23-13-. The van der Waals surface area contributed by atoms with E-state index in [1.54, 1.807) is 36.5 Å². The molecule has 26 heavy (non-hydrogen) atoms. The van der Waals surface area contributed by atoms with Gasteiger partial charge < -0.3 is 4.57 Å². The Hall–Kier alpha value is -3.21. The van der Waals surface area contributed by atoms with E-state index < -0.39 is 0 Å². The number of benzene rings is 2. The highest BCUT2D eigenvalue weighted by Crippen LogP contribution is 2.21. The van der Waals surface area contributed by atoms with Crippen LogP contribution in [0.5, 0.6) is 0 Å². The summed E-state index contributed by atoms with van der Waals surface area (Å²) in [6.07, 6.45) is 1.58. The van der Waals surface area contributed by atoms with Gasteiger partial charge in [0.1, 0.15) is 5.82 Å². The first kappa shape index (κ1) is 17.6. The Kier molecular flexibility index (Phi) is 4.98. The number of nitrogens with one attached hydrogen (secondary N) is 1. The van der Waals surface area contributed by atoms with E-state index in [4.69, 9.17) is 0 Å². The average Bonchev–Trinajstić information content (AvgIpc) is 2.90. The molecular formula is C21H20FN3O. The minimum Gasteiger partial charge on any atom is -0.315 e. The third kappa shape index (κ3) is 3.57. The van der Waals surface area contributed by atoms with Gasteiger partial charge in [0.2, 0.25) is 0 Å². The predicted octanol–water partition coefficient (Wildman–Crippen LogP) is 4.31. The molecule has 4 nitrogen and oxygen atoms in total. The van der Waals surface area contributed by atoms with Gasteiger partial charge in [0.25, 0.3) is 5.91 Å². The number of carbonyl (C=O) groups is 1. The summed E-state index contributed by atoms with van der Waals surface area (Å²) in [6.45, 7) is 5.76. The van der Waals surface area contributed by atoms with Crippen molar-refractivity contribution in [3.05, 3.63) is 88.5 Å². The van der Waals surface area contributed by atoms with Gasteiger partial charge in [-0.2, -0.15) is 5.10 Å². The van der Waals surface area contributed by atoms with Crippen LogP contribution in [0.15, 0.2) is 59.7 Å². The zero-order chi connectivity index (χ0) is 18.7. The smallest absolute Gasteiger partial charge is 0.271 e. The number of hydrogen-bond acceptors (Lipinski definition) is 2. The maximum absolute atomic E-state index is 14.1. The molecule has 0 saturated carbocycles. The van der Waals surface area contributed by atoms with E-state index in [1.165, 1.54) is 6.07 Å². The Balaban J connectivity index is 1.80. The molecule has 0 aliphatic heterocycles. The molecule has 1 aromatic heterocycles. The first-order valence-electron chi connectivity index (χ1n) is 8.31. The fraction of sp³-hybridized carbons (Fsp3) is 0.143. The van der Waals surface area contributed by atoms with Crippen molar-refractivity contribution in [3.63, 3.8) is 0 Å². The van der Waals surface area contributed by atoms with Crippen LogP contribution in [0, 0.1) is 26.6 Å². The van der Waals surface area contributed by atoms with Crippen molar-refractivity contribution in [2.45, 2.75) is 20.8 Å². The Morgan fingerprint density at radius 3 is 2.46 bits per heavy atom. The van der Waals surface area contributed by atoms with Crippen molar-refractivity contribution in [1.29, 1.82) is 0 Å². The number of amides is 1. The lowest BCUT2D eigenvalue weighted by atomic mass is 10.1. The Bertz CT molecular complexity index is 971. The maximum atomic E-state index is 14.1. The first-order chi connectivity index (χ1) is 12.5. The quantitative estimate of drug-likeness (QED) is 0.554. The van der Waals surface area contributed by atoms with Gasteiger partial charge >= 0.3 is 0 Å². The van der Waals surface area contributed by atoms with Gasteiger partial charge in [0.15, 0.2) is 0 Å². The predicted molar refractivity (Wildman–Crippen MR) is 101 cm³/mol. The van der Waals surface area contributed by atoms with Crippen LogP contribution in [-0.2, 0) is 0 Å². The largest absolute Gasteiger partial charge is 0.315 e. The third-order valence-corrected chi connectivity index (χ3v) is 4.25. The van der Waals surface area contributed by atoms with Crippen molar-refractivity contribution < 1.29 is 9.18 Å². The molecule has 0 saturated heterocycles. The summed E-state index contributed by atoms with van der Waals surface area (Å²) in [6, 6.07) is 15.8. The first-order valence-corrected chi connectivity index (χ1v) is 8.31. The highest BCUT2D eigenvalue weighted by atomic mass is 19.1. The van der Waals surface area contributed by atoms with E-state index in [0.717, 1.165) is 22.5 Å². The summed E-state index contributed by atoms with van der Waals surface area (Å²) in [7, 11) is 0. The van der Waals surface area contributed by atoms with Crippen molar-refractivity contribution >= 4 is 12.1 Å². The van der Waals surface area contributed by atoms with Crippen LogP contribution in [0.3, 0.4) is 0 Å². The van der Waals surface area contributed by atoms with Gasteiger partial charge in [-0.05, 0) is 51.1 Å². The zero-order valence-corrected chi connectivity index (χ0v) is 15.0. The van der Waals surface area contributed by atoms with E-state index in [1.807, 2.05) is 43.5 Å². The molecule has 3 rings (SSSR count). The number of carbonyl (C=O) groups excluding carboxylic acids is 1. The van der Waals surface area contributed by atoms with Crippen molar-refractivity contribution in [2.24, 2.45) is 5.10 Å². The monoisotopic (exact) mass is 349 g/mol. The second-order valence-electron chi connectivity index (χ2n) is 6.18. The molecule has 5 heteroatoms. The minimum absolute atomic E-state index is 0.274. The van der Waals surface area contributed by atoms with E-state index in [-0.39, 0.29) is 11.7 Å². The number of rotatable bonds is 4. The molecule has 0 radical (unpaired) electrons. The number of nitrogens with zero attached hydrogens (tertiary/aromatic N) is 2. The van der Waals surface area contributed by atoms with Gasteiger partial charge in [-0.25, -0.2) is 9.82 Å². The maximum Gasteiger partial charge on any atom is 0.271 e. The summed E-state index contributed by atoms with van der Waals surface area (Å²) in [5.74, 6) is -0.561. The molecular weight excluding hydrogens is 329 g/mol. The molecule has 0 fully saturated rings. The van der Waals surface area contributed by atoms with Crippen LogP contribution in [-0.4, -0.2) is 16.7 Å². The fourth-order valence-corrected chi connectivity index (χ4v) is 2.85. The van der Waals surface area contributed by atoms with Crippen LogP contribution >= 0.6 is 0 Å². The van der Waals surface area contributed by atoms with Crippen molar-refractivity contribution in [2.75, 3.05) is 0 Å². The zero-order valence-electron chi connectivity index (χ0n) is 15.0. The summed E-state index contributed by atoms with van der Waals surface area (Å²) < 4.78 is 15.9. The van der Waals surface area contributed by atoms with Crippen LogP contribution in [0.2, 0.25) is 0 Å². The summed E-state index contributed by atoms with van der Waals surface area (Å²) >= 11 is 0. The number of aromatic nitrogens is 1. The average molecular weight is 349 g/mol. The molecule has 0 spiro atoms. The van der Waals surface area contributed by atoms with Gasteiger partial charge in [0, 0.05) is 22.5 Å². The number of hydrazone groups is 1. The molecule has 1 amide bonds. The second kappa shape index (κ2) is 7.35. The lowest BCUT2D eigenvalue weighted by Crippen LogP contribution is -2.17. The summed E-state index contributed by atoms with van der Waals surface area (Å²) in [5, 5.41) is 4.04. The lowest BCUT2D eigenvalue weighted by molar-refractivity contribution is 0.0955. The molecule has 1 heterocycles. The topological polar surface area (TPSA) is 46.4 Å². The van der Waals surface area contributed by atoms with Gasteiger partial charge in [-0.15, -0.1) is 0 Å². The number of aryl methyl sites for hydroxylation is 2. The third-order valence-electron chi connectivity index (χ3n) is 4.25. The van der Waals surface area contributed by atoms with Gasteiger partial charge in [-0.3, -0.25) is 4.79 Å². The molecule has 0 atom stereocenters. The van der Waals surface area contributed by atoms with E-state index in [9.17, 15) is 9.18 Å². The van der Waals surface area contributed by atoms with Crippen LogP contribution in [0.1, 0.15) is 32.9 Å². The highest BCUT2D eigenvalue weighted by Gasteiger charge is 2.12. The Labute approximate surface area is 152 Å². The molecule has 0 bridgehead atoms. The van der Waals surface area contributed by atoms with Gasteiger partial charge in [-0.1, -0.05) is 29.8 Å². The number of para-hydroxylation sites is 1. The minimum atomic E-state index is -0.287. The second-order valence-corrected chi connectivity index (χ2v) is 6.18. The molecule has 1 N–H and O–H groups in total. The van der Waals surface area contributed by atoms with E-state index >= 15 is 0 Å². The van der Waals surface area contributed by atoms with Gasteiger partial charge in [0.05, 0.1) is 11.9 Å². The normalized spacial score (nSPS) is 11.1. The lowest BCUT2D eigenvalue weighted by Gasteiger charge is -2.10. The van der Waals surface area contributed by atoms with Crippen molar-refractivity contribution in [1.82, 2.24) is 9.99 Å². The van der Waals surface area contributed by atoms with E-state index in [2.05, 4.69) is 10.5 Å². The van der Waals surface area contributed by atoms with Crippen LogP contribution < -0.4 is 5.43 Å². The molecule has 0 aliphatic carbocycles. The summed E-state index contributed by atoms with van der Waals surface area (Å²) in [5.41, 5.74) is 7.20. The van der Waals surface area contributed by atoms with Crippen LogP contribution in [0.4, 0.5) is 4.39 Å². The Morgan fingerprint density at radius 2 is 1.77 bits per heavy atom. The molecule has 132 valence electrons. The molecule has 0 unspecified atom stereocenters. The molecule has 0 aliphatic rings. The number of halogens is 1. The van der Waals surface area contributed by atoms with E-state index in [0.29, 0.717) is 11.3 Å². The molecule has 3 aromatic rings. The summed E-state index contributed by atoms with van der Waals surface area (Å²) in [4.78, 5) is 12.1.